The normalized spacial score (nSPS) is 28.8. The van der Waals surface area contributed by atoms with E-state index in [-0.39, 0.29) is 5.41 Å². The van der Waals surface area contributed by atoms with Gasteiger partial charge < -0.3 is 14.2 Å². The molecule has 0 spiro atoms. The highest BCUT2D eigenvalue weighted by atomic mass is 32.2. The van der Waals surface area contributed by atoms with Gasteiger partial charge >= 0.3 is 7.60 Å². The van der Waals surface area contributed by atoms with Crippen LogP contribution >= 0.6 is 19.4 Å². The molecule has 1 saturated heterocycles. The molecule has 0 amide bonds. The van der Waals surface area contributed by atoms with Crippen LogP contribution in [0.3, 0.4) is 0 Å². The van der Waals surface area contributed by atoms with Crippen LogP contribution in [0.2, 0.25) is 0 Å². The second-order valence-corrected chi connectivity index (χ2v) is 9.90. The number of aliphatic hydroxyl groups is 1. The predicted octanol–water partition coefficient (Wildman–Crippen LogP) is 4.71. The van der Waals surface area contributed by atoms with Crippen LogP contribution in [-0.4, -0.2) is 18.3 Å². The van der Waals surface area contributed by atoms with Crippen LogP contribution in [0.15, 0.2) is 39.4 Å². The predicted molar refractivity (Wildman–Crippen MR) is 87.9 cm³/mol. The number of hydrogen-bond acceptors (Lipinski definition) is 5. The Morgan fingerprint density at radius 3 is 2.64 bits per heavy atom. The Kier molecular flexibility index (Phi) is 4.30. The first-order chi connectivity index (χ1) is 10.3. The summed E-state index contributed by atoms with van der Waals surface area (Å²) in [6.07, 6.45) is -0.122. The lowest BCUT2D eigenvalue weighted by atomic mass is 9.97. The van der Waals surface area contributed by atoms with E-state index in [1.165, 1.54) is 0 Å². The van der Waals surface area contributed by atoms with Crippen molar-refractivity contribution in [2.45, 2.75) is 38.2 Å². The SMILES string of the molecule is C/C(=C1/CC(O)c2ccccc2S1)P1(=O)OCC(C)(C)CO1. The van der Waals surface area contributed by atoms with E-state index in [4.69, 9.17) is 9.05 Å². The van der Waals surface area contributed by atoms with Gasteiger partial charge in [0.15, 0.2) is 0 Å². The van der Waals surface area contributed by atoms with Crippen molar-refractivity contribution in [1.29, 1.82) is 0 Å². The number of benzene rings is 1. The summed E-state index contributed by atoms with van der Waals surface area (Å²) in [5.41, 5.74) is 0.805. The maximum Gasteiger partial charge on any atom is 0.357 e. The van der Waals surface area contributed by atoms with Crippen molar-refractivity contribution in [2.24, 2.45) is 5.41 Å². The van der Waals surface area contributed by atoms with Gasteiger partial charge in [-0.3, -0.25) is 4.57 Å². The summed E-state index contributed by atoms with van der Waals surface area (Å²) >= 11 is 1.55. The molecule has 0 radical (unpaired) electrons. The van der Waals surface area contributed by atoms with Crippen molar-refractivity contribution in [1.82, 2.24) is 0 Å². The van der Waals surface area contributed by atoms with E-state index in [2.05, 4.69) is 0 Å². The number of aliphatic hydroxyl groups excluding tert-OH is 1. The lowest BCUT2D eigenvalue weighted by Gasteiger charge is -2.35. The third kappa shape index (κ3) is 3.06. The van der Waals surface area contributed by atoms with Crippen LogP contribution in [0.5, 0.6) is 0 Å². The Balaban J connectivity index is 1.90. The first kappa shape index (κ1) is 16.3. The molecule has 0 aliphatic carbocycles. The molecule has 2 aliphatic rings. The molecular weight excluding hydrogens is 319 g/mol. The lowest BCUT2D eigenvalue weighted by Crippen LogP contribution is -2.29. The zero-order valence-corrected chi connectivity index (χ0v) is 14.7. The van der Waals surface area contributed by atoms with Gasteiger partial charge in [0.25, 0.3) is 0 Å². The Hall–Kier alpha value is -0.580. The molecule has 0 saturated carbocycles. The Bertz CT molecular complexity index is 654. The largest absolute Gasteiger partial charge is 0.388 e. The van der Waals surface area contributed by atoms with Crippen molar-refractivity contribution >= 4 is 19.4 Å². The number of rotatable bonds is 1. The van der Waals surface area contributed by atoms with Gasteiger partial charge in [-0.1, -0.05) is 43.8 Å². The number of hydrogen-bond donors (Lipinski definition) is 1. The van der Waals surface area contributed by atoms with Crippen molar-refractivity contribution in [3.05, 3.63) is 40.0 Å². The Morgan fingerprint density at radius 1 is 1.32 bits per heavy atom. The maximum absolute atomic E-state index is 12.9. The first-order valence-electron chi connectivity index (χ1n) is 7.35. The van der Waals surface area contributed by atoms with Crippen LogP contribution in [0.4, 0.5) is 0 Å². The minimum absolute atomic E-state index is 0.120. The number of fused-ring (bicyclic) bond motifs is 1. The topological polar surface area (TPSA) is 55.8 Å². The standard InChI is InChI=1S/C16H21O4PS/c1-11(21(18)19-9-16(2,3)10-20-21)15-8-13(17)12-6-4-5-7-14(12)22-15/h4-7,13,17H,8-10H2,1-3H3/b15-11+. The van der Waals surface area contributed by atoms with Gasteiger partial charge in [0.2, 0.25) is 0 Å². The average Bonchev–Trinajstić information content (AvgIpc) is 2.50. The van der Waals surface area contributed by atoms with Crippen LogP contribution < -0.4 is 0 Å². The Labute approximate surface area is 135 Å². The van der Waals surface area contributed by atoms with Crippen LogP contribution in [0.1, 0.15) is 38.9 Å². The number of thioether (sulfide) groups is 1. The van der Waals surface area contributed by atoms with E-state index in [1.807, 2.05) is 38.1 Å². The molecule has 120 valence electrons. The van der Waals surface area contributed by atoms with Gasteiger partial charge in [-0.2, -0.15) is 0 Å². The molecule has 2 aliphatic heterocycles. The monoisotopic (exact) mass is 340 g/mol. The molecule has 4 nitrogen and oxygen atoms in total. The lowest BCUT2D eigenvalue weighted by molar-refractivity contribution is 0.0444. The molecule has 1 unspecified atom stereocenters. The molecule has 1 aromatic rings. The minimum Gasteiger partial charge on any atom is -0.388 e. The molecule has 3 rings (SSSR count). The van der Waals surface area contributed by atoms with Crippen molar-refractivity contribution in [2.75, 3.05) is 13.2 Å². The smallest absolute Gasteiger partial charge is 0.357 e. The highest BCUT2D eigenvalue weighted by Crippen LogP contribution is 2.63. The summed E-state index contributed by atoms with van der Waals surface area (Å²) in [4.78, 5) is 1.88. The summed E-state index contributed by atoms with van der Waals surface area (Å²) in [6, 6.07) is 7.76. The van der Waals surface area contributed by atoms with E-state index < -0.39 is 13.7 Å². The average molecular weight is 340 g/mol. The van der Waals surface area contributed by atoms with E-state index in [9.17, 15) is 9.67 Å². The second-order valence-electron chi connectivity index (χ2n) is 6.58. The van der Waals surface area contributed by atoms with E-state index in [0.717, 1.165) is 15.4 Å². The minimum atomic E-state index is -3.24. The maximum atomic E-state index is 12.9. The van der Waals surface area contributed by atoms with Crippen LogP contribution in [-0.2, 0) is 13.6 Å². The fraction of sp³-hybridized carbons (Fsp3) is 0.500. The number of allylic oxidation sites excluding steroid dienone is 1. The zero-order valence-electron chi connectivity index (χ0n) is 13.0. The van der Waals surface area contributed by atoms with Gasteiger partial charge in [-0.25, -0.2) is 0 Å². The van der Waals surface area contributed by atoms with Gasteiger partial charge in [0.1, 0.15) is 0 Å². The van der Waals surface area contributed by atoms with Crippen molar-refractivity contribution < 1.29 is 18.7 Å². The second kappa shape index (κ2) is 5.81. The van der Waals surface area contributed by atoms with E-state index >= 15 is 0 Å². The van der Waals surface area contributed by atoms with Gasteiger partial charge in [-0.15, -0.1) is 0 Å². The molecular formula is C16H21O4PS. The van der Waals surface area contributed by atoms with Gasteiger partial charge in [0, 0.05) is 27.0 Å². The van der Waals surface area contributed by atoms with Crippen molar-refractivity contribution in [3.63, 3.8) is 0 Å². The Morgan fingerprint density at radius 2 is 1.95 bits per heavy atom. The van der Waals surface area contributed by atoms with Gasteiger partial charge in [0.05, 0.1) is 19.3 Å². The summed E-state index contributed by atoms with van der Waals surface area (Å²) < 4.78 is 24.1. The third-order valence-electron chi connectivity index (χ3n) is 3.95. The molecule has 1 N–H and O–H groups in total. The fourth-order valence-corrected chi connectivity index (χ4v) is 5.97. The summed E-state index contributed by atoms with van der Waals surface area (Å²) in [6.45, 7) is 6.67. The fourth-order valence-electron chi connectivity index (χ4n) is 2.48. The van der Waals surface area contributed by atoms with Gasteiger partial charge in [-0.05, 0) is 18.6 Å². The molecule has 6 heteroatoms. The molecule has 0 aromatic heterocycles. The van der Waals surface area contributed by atoms with Crippen LogP contribution in [0.25, 0.3) is 0 Å². The summed E-state index contributed by atoms with van der Waals surface area (Å²) in [7, 11) is -3.24. The molecule has 1 atom stereocenters. The quantitative estimate of drug-likeness (QED) is 0.750. The van der Waals surface area contributed by atoms with Crippen LogP contribution in [0, 0.1) is 5.41 Å². The molecule has 1 aromatic carbocycles. The molecule has 2 heterocycles. The molecule has 1 fully saturated rings. The highest BCUT2D eigenvalue weighted by Gasteiger charge is 2.40. The summed E-state index contributed by atoms with van der Waals surface area (Å²) in [5, 5.41) is 11.0. The first-order valence-corrected chi connectivity index (χ1v) is 9.71. The van der Waals surface area contributed by atoms with Crippen molar-refractivity contribution in [3.8, 4) is 0 Å². The highest BCUT2D eigenvalue weighted by molar-refractivity contribution is 8.03. The zero-order chi connectivity index (χ0) is 16.0. The molecule has 0 bridgehead atoms. The van der Waals surface area contributed by atoms with E-state index in [1.54, 1.807) is 18.7 Å². The molecule has 22 heavy (non-hydrogen) atoms. The summed E-state index contributed by atoms with van der Waals surface area (Å²) in [5.74, 6) is 0. The van der Waals surface area contributed by atoms with E-state index in [0.29, 0.717) is 24.9 Å². The third-order valence-corrected chi connectivity index (χ3v) is 7.45.